The molecule has 0 bridgehead atoms. The molecule has 3 nitrogen and oxygen atoms in total. The average Bonchev–Trinajstić information content (AvgIpc) is 2.24. The van der Waals surface area contributed by atoms with E-state index in [1.165, 1.54) is 0 Å². The fourth-order valence-corrected chi connectivity index (χ4v) is 1.47. The highest BCUT2D eigenvalue weighted by molar-refractivity contribution is 6.31. The van der Waals surface area contributed by atoms with Crippen LogP contribution < -0.4 is 5.32 Å². The summed E-state index contributed by atoms with van der Waals surface area (Å²) in [6.07, 6.45) is 1.77. The number of aliphatic hydroxyl groups is 1. The molecule has 0 aliphatic heterocycles. The highest BCUT2D eigenvalue weighted by Gasteiger charge is 2.03. The van der Waals surface area contributed by atoms with E-state index in [-0.39, 0.29) is 12.5 Å². The average molecular weight is 242 g/mol. The van der Waals surface area contributed by atoms with Crippen LogP contribution in [0, 0.1) is 6.92 Å². The van der Waals surface area contributed by atoms with Gasteiger partial charge in [-0.15, -0.1) is 0 Å². The van der Waals surface area contributed by atoms with E-state index in [2.05, 4.69) is 5.32 Å². The fraction of sp³-hybridized carbons (Fsp3) is 0.417. The molecule has 0 saturated heterocycles. The standard InChI is InChI=1S/C12H16ClNO2/c1-9-5-6-10(8-11(9)13)14-12(16)4-2-3-7-15/h5-6,8,15H,2-4,7H2,1H3,(H,14,16). The van der Waals surface area contributed by atoms with Crippen LogP contribution in [0.25, 0.3) is 0 Å². The molecular formula is C12H16ClNO2. The number of carbonyl (C=O) groups excluding carboxylic acids is 1. The van der Waals surface area contributed by atoms with E-state index in [0.29, 0.717) is 30.0 Å². The quantitative estimate of drug-likeness (QED) is 0.779. The molecule has 0 saturated carbocycles. The van der Waals surface area contributed by atoms with Crippen LogP contribution in [0.15, 0.2) is 18.2 Å². The van der Waals surface area contributed by atoms with Gasteiger partial charge in [0.15, 0.2) is 0 Å². The third-order valence-electron chi connectivity index (χ3n) is 2.27. The van der Waals surface area contributed by atoms with Crippen LogP contribution in [-0.4, -0.2) is 17.6 Å². The Morgan fingerprint density at radius 3 is 2.81 bits per heavy atom. The van der Waals surface area contributed by atoms with Gasteiger partial charge in [0.25, 0.3) is 0 Å². The number of unbranched alkanes of at least 4 members (excludes halogenated alkanes) is 1. The Bertz CT molecular complexity index is 366. The van der Waals surface area contributed by atoms with Gasteiger partial charge in [0.1, 0.15) is 0 Å². The monoisotopic (exact) mass is 241 g/mol. The summed E-state index contributed by atoms with van der Waals surface area (Å²) in [5.41, 5.74) is 1.70. The van der Waals surface area contributed by atoms with Gasteiger partial charge in [-0.2, -0.15) is 0 Å². The van der Waals surface area contributed by atoms with E-state index >= 15 is 0 Å². The number of rotatable bonds is 5. The molecule has 4 heteroatoms. The first-order chi connectivity index (χ1) is 7.63. The summed E-state index contributed by atoms with van der Waals surface area (Å²) >= 11 is 5.94. The van der Waals surface area contributed by atoms with Gasteiger partial charge in [0.05, 0.1) is 0 Å². The molecule has 16 heavy (non-hydrogen) atoms. The van der Waals surface area contributed by atoms with Crippen LogP contribution in [-0.2, 0) is 4.79 Å². The van der Waals surface area contributed by atoms with Gasteiger partial charge in [0, 0.05) is 23.7 Å². The van der Waals surface area contributed by atoms with Crippen molar-refractivity contribution in [2.24, 2.45) is 0 Å². The van der Waals surface area contributed by atoms with Gasteiger partial charge in [-0.1, -0.05) is 17.7 Å². The normalized spacial score (nSPS) is 10.2. The maximum absolute atomic E-state index is 11.4. The highest BCUT2D eigenvalue weighted by Crippen LogP contribution is 2.20. The number of nitrogens with one attached hydrogen (secondary N) is 1. The molecule has 1 amide bonds. The first-order valence-corrected chi connectivity index (χ1v) is 5.68. The summed E-state index contributed by atoms with van der Waals surface area (Å²) in [5, 5.41) is 12.0. The van der Waals surface area contributed by atoms with Gasteiger partial charge in [-0.3, -0.25) is 4.79 Å². The zero-order valence-corrected chi connectivity index (χ0v) is 10.0. The number of anilines is 1. The lowest BCUT2D eigenvalue weighted by molar-refractivity contribution is -0.116. The minimum Gasteiger partial charge on any atom is -0.396 e. The first-order valence-electron chi connectivity index (χ1n) is 5.30. The minimum atomic E-state index is -0.0478. The summed E-state index contributed by atoms with van der Waals surface area (Å²) in [6.45, 7) is 2.04. The lowest BCUT2D eigenvalue weighted by Gasteiger charge is -2.06. The predicted molar refractivity (Wildman–Crippen MR) is 65.8 cm³/mol. The lowest BCUT2D eigenvalue weighted by atomic mass is 10.2. The molecule has 0 heterocycles. The molecule has 0 aromatic heterocycles. The topological polar surface area (TPSA) is 49.3 Å². The van der Waals surface area contributed by atoms with E-state index in [0.717, 1.165) is 5.56 Å². The third-order valence-corrected chi connectivity index (χ3v) is 2.67. The molecule has 88 valence electrons. The van der Waals surface area contributed by atoms with Gasteiger partial charge in [0.2, 0.25) is 5.91 Å². The van der Waals surface area contributed by atoms with E-state index < -0.39 is 0 Å². The van der Waals surface area contributed by atoms with Crippen molar-refractivity contribution >= 4 is 23.2 Å². The van der Waals surface area contributed by atoms with Crippen LogP contribution in [0.3, 0.4) is 0 Å². The molecule has 1 aromatic carbocycles. The lowest BCUT2D eigenvalue weighted by Crippen LogP contribution is -2.11. The molecule has 1 aromatic rings. The van der Waals surface area contributed by atoms with Crippen molar-refractivity contribution < 1.29 is 9.90 Å². The summed E-state index contributed by atoms with van der Waals surface area (Å²) in [4.78, 5) is 11.4. The Labute approximate surface area is 100 Å². The van der Waals surface area contributed by atoms with Gasteiger partial charge in [-0.25, -0.2) is 0 Å². The van der Waals surface area contributed by atoms with Crippen LogP contribution >= 0.6 is 11.6 Å². The number of benzene rings is 1. The number of aliphatic hydroxyl groups excluding tert-OH is 1. The molecule has 1 rings (SSSR count). The van der Waals surface area contributed by atoms with Crippen LogP contribution in [0.4, 0.5) is 5.69 Å². The van der Waals surface area contributed by atoms with Crippen molar-refractivity contribution in [1.82, 2.24) is 0 Å². The number of aryl methyl sites for hydroxylation is 1. The Balaban J connectivity index is 2.46. The van der Waals surface area contributed by atoms with Gasteiger partial charge < -0.3 is 10.4 Å². The van der Waals surface area contributed by atoms with Crippen molar-refractivity contribution in [3.8, 4) is 0 Å². The Morgan fingerprint density at radius 1 is 1.44 bits per heavy atom. The van der Waals surface area contributed by atoms with E-state index in [1.807, 2.05) is 19.1 Å². The maximum Gasteiger partial charge on any atom is 0.224 e. The second-order valence-electron chi connectivity index (χ2n) is 3.69. The minimum absolute atomic E-state index is 0.0478. The molecule has 2 N–H and O–H groups in total. The zero-order valence-electron chi connectivity index (χ0n) is 9.29. The molecule has 0 fully saturated rings. The van der Waals surface area contributed by atoms with Gasteiger partial charge in [-0.05, 0) is 37.5 Å². The van der Waals surface area contributed by atoms with E-state index in [9.17, 15) is 4.79 Å². The molecule has 0 atom stereocenters. The molecule has 0 aliphatic carbocycles. The number of carbonyl (C=O) groups is 1. The maximum atomic E-state index is 11.4. The largest absolute Gasteiger partial charge is 0.396 e. The molecular weight excluding hydrogens is 226 g/mol. The summed E-state index contributed by atoms with van der Waals surface area (Å²) in [7, 11) is 0. The van der Waals surface area contributed by atoms with Crippen LogP contribution in [0.2, 0.25) is 5.02 Å². The zero-order chi connectivity index (χ0) is 12.0. The SMILES string of the molecule is Cc1ccc(NC(=O)CCCCO)cc1Cl. The van der Waals surface area contributed by atoms with Crippen LogP contribution in [0.1, 0.15) is 24.8 Å². The molecule has 0 unspecified atom stereocenters. The molecule has 0 aliphatic rings. The predicted octanol–water partition coefficient (Wildman–Crippen LogP) is 2.75. The fourth-order valence-electron chi connectivity index (χ4n) is 1.29. The second-order valence-corrected chi connectivity index (χ2v) is 4.10. The van der Waals surface area contributed by atoms with Crippen molar-refractivity contribution in [2.45, 2.75) is 26.2 Å². The number of halogens is 1. The van der Waals surface area contributed by atoms with Crippen LogP contribution in [0.5, 0.6) is 0 Å². The first kappa shape index (κ1) is 13.0. The van der Waals surface area contributed by atoms with E-state index in [1.54, 1.807) is 6.07 Å². The van der Waals surface area contributed by atoms with Crippen molar-refractivity contribution in [3.63, 3.8) is 0 Å². The third kappa shape index (κ3) is 4.21. The second kappa shape index (κ2) is 6.51. The van der Waals surface area contributed by atoms with Crippen molar-refractivity contribution in [2.75, 3.05) is 11.9 Å². The number of hydrogen-bond donors (Lipinski definition) is 2. The van der Waals surface area contributed by atoms with Crippen molar-refractivity contribution in [1.29, 1.82) is 0 Å². The molecule has 0 spiro atoms. The Kier molecular flexibility index (Phi) is 5.29. The Hall–Kier alpha value is -1.06. The number of amides is 1. The van der Waals surface area contributed by atoms with Crippen molar-refractivity contribution in [3.05, 3.63) is 28.8 Å². The van der Waals surface area contributed by atoms with Gasteiger partial charge >= 0.3 is 0 Å². The summed E-state index contributed by atoms with van der Waals surface area (Å²) in [5.74, 6) is -0.0478. The summed E-state index contributed by atoms with van der Waals surface area (Å²) in [6, 6.07) is 5.43. The molecule has 0 radical (unpaired) electrons. The van der Waals surface area contributed by atoms with E-state index in [4.69, 9.17) is 16.7 Å². The number of hydrogen-bond acceptors (Lipinski definition) is 2. The summed E-state index contributed by atoms with van der Waals surface area (Å²) < 4.78 is 0. The Morgan fingerprint density at radius 2 is 2.19 bits per heavy atom. The smallest absolute Gasteiger partial charge is 0.224 e. The highest BCUT2D eigenvalue weighted by atomic mass is 35.5.